The molecule has 3 saturated carbocycles. The molecule has 3 N–H and O–H groups in total. The minimum Gasteiger partial charge on any atom is -0.480 e. The molecule has 196 valence electrons. The summed E-state index contributed by atoms with van der Waals surface area (Å²) in [5.74, 6) is -1.57. The van der Waals surface area contributed by atoms with Crippen LogP contribution in [0.5, 0.6) is 0 Å². The molecule has 4 rings (SSSR count). The molecule has 0 radical (unpaired) electrons. The Bertz CT molecular complexity index is 879. The maximum atomic E-state index is 13.7. The molecule has 9 nitrogen and oxygen atoms in total. The number of aliphatic carboxylic acids is 1. The summed E-state index contributed by atoms with van der Waals surface area (Å²) in [5.41, 5.74) is -1.50. The normalized spacial score (nSPS) is 32.3. The second-order valence-corrected chi connectivity index (χ2v) is 12.6. The van der Waals surface area contributed by atoms with E-state index in [0.717, 1.165) is 25.7 Å². The first-order valence-corrected chi connectivity index (χ1v) is 13.2. The number of hydrogen-bond donors (Lipinski definition) is 3. The molecule has 1 spiro atoms. The second-order valence-electron chi connectivity index (χ2n) is 12.6. The number of carbonyl (C=O) groups is 4. The molecule has 0 bridgehead atoms. The van der Waals surface area contributed by atoms with Crippen molar-refractivity contribution < 1.29 is 29.0 Å². The molecule has 35 heavy (non-hydrogen) atoms. The lowest BCUT2D eigenvalue weighted by Crippen LogP contribution is -2.61. The molecule has 4 fully saturated rings. The van der Waals surface area contributed by atoms with Gasteiger partial charge in [0.05, 0.1) is 0 Å². The number of hydrogen-bond acceptors (Lipinski definition) is 5. The fourth-order valence-electron chi connectivity index (χ4n) is 6.28. The van der Waals surface area contributed by atoms with E-state index in [-0.39, 0.29) is 17.9 Å². The molecular weight excluding hydrogens is 450 g/mol. The summed E-state index contributed by atoms with van der Waals surface area (Å²) in [6.45, 7) is 7.98. The molecule has 5 atom stereocenters. The first kappa shape index (κ1) is 25.8. The van der Waals surface area contributed by atoms with Crippen molar-refractivity contribution >= 4 is 23.9 Å². The van der Waals surface area contributed by atoms with Crippen LogP contribution in [0.15, 0.2) is 0 Å². The highest BCUT2D eigenvalue weighted by Crippen LogP contribution is 2.58. The Morgan fingerprint density at radius 3 is 2.29 bits per heavy atom. The lowest BCUT2D eigenvalue weighted by molar-refractivity contribution is -0.149. The van der Waals surface area contributed by atoms with Crippen LogP contribution in [-0.2, 0) is 19.1 Å². The van der Waals surface area contributed by atoms with Crippen LogP contribution in [0.4, 0.5) is 4.79 Å². The van der Waals surface area contributed by atoms with Crippen molar-refractivity contribution in [2.24, 2.45) is 16.7 Å². The number of nitrogens with one attached hydrogen (secondary N) is 2. The Morgan fingerprint density at radius 2 is 1.74 bits per heavy atom. The summed E-state index contributed by atoms with van der Waals surface area (Å²) in [7, 11) is 0. The number of nitrogens with zero attached hydrogens (tertiary/aromatic N) is 1. The zero-order valence-corrected chi connectivity index (χ0v) is 21.5. The summed E-state index contributed by atoms with van der Waals surface area (Å²) in [5, 5.41) is 15.4. The molecule has 0 aromatic carbocycles. The average molecular weight is 492 g/mol. The molecule has 3 aliphatic carbocycles. The molecule has 4 aliphatic rings. The van der Waals surface area contributed by atoms with Gasteiger partial charge in [-0.3, -0.25) is 9.59 Å². The maximum Gasteiger partial charge on any atom is 0.408 e. The van der Waals surface area contributed by atoms with Crippen molar-refractivity contribution in [3.63, 3.8) is 0 Å². The van der Waals surface area contributed by atoms with Crippen molar-refractivity contribution in [1.29, 1.82) is 0 Å². The van der Waals surface area contributed by atoms with E-state index in [4.69, 9.17) is 4.74 Å². The van der Waals surface area contributed by atoms with Gasteiger partial charge in [0.2, 0.25) is 11.8 Å². The molecule has 1 unspecified atom stereocenters. The predicted octanol–water partition coefficient (Wildman–Crippen LogP) is 3.21. The van der Waals surface area contributed by atoms with Gasteiger partial charge in [0.1, 0.15) is 23.7 Å². The summed E-state index contributed by atoms with van der Waals surface area (Å²) < 4.78 is 5.67. The van der Waals surface area contributed by atoms with Gasteiger partial charge in [0.25, 0.3) is 0 Å². The molecule has 1 aliphatic heterocycles. The lowest BCUT2D eigenvalue weighted by atomic mass is 9.85. The van der Waals surface area contributed by atoms with Crippen molar-refractivity contribution in [3.05, 3.63) is 0 Å². The number of carboxylic acids is 1. The van der Waals surface area contributed by atoms with Gasteiger partial charge in [-0.05, 0) is 81.0 Å². The number of rotatable bonds is 6. The number of likely N-dealkylation sites (tertiary alicyclic amines) is 1. The zero-order valence-electron chi connectivity index (χ0n) is 21.5. The third-order valence-corrected chi connectivity index (χ3v) is 8.63. The fourth-order valence-corrected chi connectivity index (χ4v) is 6.28. The number of carboxylic acid groups (broad SMARTS) is 1. The summed E-state index contributed by atoms with van der Waals surface area (Å²) >= 11 is 0. The van der Waals surface area contributed by atoms with Gasteiger partial charge < -0.3 is 25.4 Å². The quantitative estimate of drug-likeness (QED) is 0.524. The van der Waals surface area contributed by atoms with E-state index in [9.17, 15) is 24.3 Å². The summed E-state index contributed by atoms with van der Waals surface area (Å²) in [6, 6.07) is -1.61. The molecule has 3 amide bonds. The topological polar surface area (TPSA) is 125 Å². The molecule has 9 heteroatoms. The Balaban J connectivity index is 1.42. The summed E-state index contributed by atoms with van der Waals surface area (Å²) in [6.07, 6.45) is 7.17. The van der Waals surface area contributed by atoms with E-state index in [2.05, 4.69) is 10.6 Å². The van der Waals surface area contributed by atoms with Gasteiger partial charge in [-0.2, -0.15) is 0 Å². The Morgan fingerprint density at radius 1 is 1.03 bits per heavy atom. The lowest BCUT2D eigenvalue weighted by Gasteiger charge is -2.36. The van der Waals surface area contributed by atoms with Crippen LogP contribution in [0, 0.1) is 16.7 Å². The van der Waals surface area contributed by atoms with Gasteiger partial charge in [-0.1, -0.05) is 27.7 Å². The van der Waals surface area contributed by atoms with E-state index in [0.29, 0.717) is 37.6 Å². The van der Waals surface area contributed by atoms with Crippen LogP contribution in [0.25, 0.3) is 0 Å². The van der Waals surface area contributed by atoms with Crippen LogP contribution >= 0.6 is 0 Å². The Hall–Kier alpha value is -2.32. The van der Waals surface area contributed by atoms with Crippen LogP contribution in [-0.4, -0.2) is 64.2 Å². The van der Waals surface area contributed by atoms with Crippen molar-refractivity contribution in [1.82, 2.24) is 15.5 Å². The van der Waals surface area contributed by atoms with E-state index < -0.39 is 41.0 Å². The summed E-state index contributed by atoms with van der Waals surface area (Å²) in [4.78, 5) is 53.2. The van der Waals surface area contributed by atoms with E-state index in [1.807, 2.05) is 27.7 Å². The third-order valence-electron chi connectivity index (χ3n) is 8.63. The Kier molecular flexibility index (Phi) is 6.83. The number of amides is 3. The van der Waals surface area contributed by atoms with E-state index in [1.165, 1.54) is 17.7 Å². The predicted molar refractivity (Wildman–Crippen MR) is 128 cm³/mol. The molecule has 0 aromatic heterocycles. The van der Waals surface area contributed by atoms with Gasteiger partial charge in [-0.15, -0.1) is 0 Å². The SMILES string of the molecule is CC1CC[C@](NC(=O)[C@@H]2CCCN2C(=O)[C@@H](NC(=O)O[C@H]2CCC3(CC3)C2)C(C)(C)C)(C(=O)O)C1. The minimum absolute atomic E-state index is 0.112. The molecule has 0 aromatic rings. The zero-order chi connectivity index (χ0) is 25.6. The smallest absolute Gasteiger partial charge is 0.408 e. The first-order valence-electron chi connectivity index (χ1n) is 13.2. The van der Waals surface area contributed by atoms with Crippen LogP contribution in [0.2, 0.25) is 0 Å². The van der Waals surface area contributed by atoms with Crippen molar-refractivity contribution in [3.8, 4) is 0 Å². The second kappa shape index (κ2) is 9.28. The number of ether oxygens (including phenoxy) is 1. The number of carbonyl (C=O) groups excluding carboxylic acids is 3. The Labute approximate surface area is 207 Å². The maximum absolute atomic E-state index is 13.7. The standard InChI is InChI=1S/C26H41N3O6/c1-16-7-10-26(14-16,22(32)33)28-20(30)18-6-5-13-29(18)21(31)19(24(2,3)4)27-23(34)35-17-8-9-25(15-17)11-12-25/h16-19H,5-15H2,1-4H3,(H,27,34)(H,28,30)(H,32,33)/t16?,17-,18-,19+,26+/m0/s1. The highest BCUT2D eigenvalue weighted by Gasteiger charge is 2.50. The monoisotopic (exact) mass is 491 g/mol. The van der Waals surface area contributed by atoms with Crippen LogP contribution in [0.1, 0.15) is 91.9 Å². The van der Waals surface area contributed by atoms with Crippen LogP contribution < -0.4 is 10.6 Å². The molecule has 1 saturated heterocycles. The fraction of sp³-hybridized carbons (Fsp3) is 0.846. The minimum atomic E-state index is -1.28. The van der Waals surface area contributed by atoms with Gasteiger partial charge >= 0.3 is 12.1 Å². The largest absolute Gasteiger partial charge is 0.480 e. The van der Waals surface area contributed by atoms with Crippen LogP contribution in [0.3, 0.4) is 0 Å². The molecule has 1 heterocycles. The third kappa shape index (κ3) is 5.43. The number of alkyl carbamates (subject to hydrolysis) is 1. The highest BCUT2D eigenvalue weighted by atomic mass is 16.6. The van der Waals surface area contributed by atoms with Gasteiger partial charge in [0, 0.05) is 6.54 Å². The van der Waals surface area contributed by atoms with E-state index in [1.54, 1.807) is 0 Å². The van der Waals surface area contributed by atoms with E-state index >= 15 is 0 Å². The first-order chi connectivity index (χ1) is 16.3. The van der Waals surface area contributed by atoms with Gasteiger partial charge in [-0.25, -0.2) is 9.59 Å². The average Bonchev–Trinajstić information content (AvgIpc) is 3.10. The van der Waals surface area contributed by atoms with Crippen molar-refractivity contribution in [2.45, 2.75) is 116 Å². The van der Waals surface area contributed by atoms with Gasteiger partial charge in [0.15, 0.2) is 0 Å². The van der Waals surface area contributed by atoms with Crippen molar-refractivity contribution in [2.75, 3.05) is 6.54 Å². The molecular formula is C26H41N3O6. The highest BCUT2D eigenvalue weighted by molar-refractivity contribution is 5.94.